The fourth-order valence-corrected chi connectivity index (χ4v) is 3.42. The molecule has 0 aliphatic heterocycles. The van der Waals surface area contributed by atoms with E-state index in [1.165, 1.54) is 38.5 Å². The molecule has 0 radical (unpaired) electrons. The second kappa shape index (κ2) is 18.6. The molecule has 0 spiro atoms. The van der Waals surface area contributed by atoms with E-state index in [1.807, 2.05) is 50.1 Å². The average Bonchev–Trinajstić information content (AvgIpc) is 2.87. The molecule has 5 heteroatoms. The number of unbranched alkanes of at least 4 members (excludes halogenated alkanes) is 6. The van der Waals surface area contributed by atoms with Crippen molar-refractivity contribution in [1.82, 2.24) is 0 Å². The van der Waals surface area contributed by atoms with Crippen LogP contribution in [0.5, 0.6) is 11.5 Å². The first-order valence-corrected chi connectivity index (χ1v) is 12.6. The van der Waals surface area contributed by atoms with E-state index >= 15 is 0 Å². The Morgan fingerprint density at radius 1 is 0.765 bits per heavy atom. The van der Waals surface area contributed by atoms with Crippen LogP contribution < -0.4 is 9.47 Å². The Morgan fingerprint density at radius 2 is 1.32 bits per heavy atom. The average molecular weight is 471 g/mol. The second-order valence-corrected chi connectivity index (χ2v) is 8.43. The van der Waals surface area contributed by atoms with Gasteiger partial charge >= 0.3 is 5.97 Å². The highest BCUT2D eigenvalue weighted by Crippen LogP contribution is 2.18. The summed E-state index contributed by atoms with van der Waals surface area (Å²) in [6.45, 7) is 9.60. The second-order valence-electron chi connectivity index (χ2n) is 8.43. The monoisotopic (exact) mass is 470 g/mol. The summed E-state index contributed by atoms with van der Waals surface area (Å²) in [5, 5.41) is 0. The van der Waals surface area contributed by atoms with Crippen LogP contribution in [0.2, 0.25) is 0 Å². The highest BCUT2D eigenvalue weighted by molar-refractivity contribution is 5.89. The summed E-state index contributed by atoms with van der Waals surface area (Å²) in [5.41, 5.74) is 1.63. The molecule has 5 nitrogen and oxygen atoms in total. The van der Waals surface area contributed by atoms with Crippen LogP contribution in [0.3, 0.4) is 0 Å². The van der Waals surface area contributed by atoms with Crippen LogP contribution in [-0.4, -0.2) is 25.5 Å². The minimum Gasteiger partial charge on any atom is -0.494 e. The van der Waals surface area contributed by atoms with E-state index in [-0.39, 0.29) is 12.1 Å². The summed E-state index contributed by atoms with van der Waals surface area (Å²) in [4.78, 5) is 20.3. The van der Waals surface area contributed by atoms with E-state index in [0.29, 0.717) is 12.2 Å². The standard InChI is InChI=1S/C28H40O4.CH2O/c1-4-6-8-10-12-23(3)32-28(29)25-15-19-27(20-16-25)31-22-24-13-17-26(18-14-24)30-21-11-9-7-5-2;1-2/h13-20,23H,4-12,21-22H2,1-3H3;1H2. The molecule has 0 bridgehead atoms. The van der Waals surface area contributed by atoms with Crippen molar-refractivity contribution in [2.24, 2.45) is 0 Å². The third kappa shape index (κ3) is 12.4. The first-order chi connectivity index (χ1) is 16.6. The molecule has 0 saturated heterocycles. The number of hydrogen-bond acceptors (Lipinski definition) is 5. The summed E-state index contributed by atoms with van der Waals surface area (Å²) in [7, 11) is 0. The van der Waals surface area contributed by atoms with Crippen LogP contribution in [0.15, 0.2) is 48.5 Å². The first kappa shape index (κ1) is 29.2. The maximum Gasteiger partial charge on any atom is 0.338 e. The normalized spacial score (nSPS) is 11.1. The van der Waals surface area contributed by atoms with Gasteiger partial charge in [-0.15, -0.1) is 0 Å². The zero-order chi connectivity index (χ0) is 25.0. The molecule has 0 N–H and O–H groups in total. The Kier molecular flexibility index (Phi) is 16.0. The molecule has 0 heterocycles. The van der Waals surface area contributed by atoms with Gasteiger partial charge in [0.15, 0.2) is 0 Å². The van der Waals surface area contributed by atoms with Gasteiger partial charge in [-0.25, -0.2) is 4.79 Å². The van der Waals surface area contributed by atoms with E-state index < -0.39 is 0 Å². The summed E-state index contributed by atoms with van der Waals surface area (Å²) >= 11 is 0. The van der Waals surface area contributed by atoms with Gasteiger partial charge in [0, 0.05) is 0 Å². The van der Waals surface area contributed by atoms with Crippen molar-refractivity contribution in [2.75, 3.05) is 6.61 Å². The van der Waals surface area contributed by atoms with Crippen LogP contribution in [0, 0.1) is 0 Å². The van der Waals surface area contributed by atoms with Crippen molar-refractivity contribution in [3.8, 4) is 11.5 Å². The minimum atomic E-state index is -0.273. The first-order valence-electron chi connectivity index (χ1n) is 12.6. The van der Waals surface area contributed by atoms with E-state index in [1.54, 1.807) is 12.1 Å². The highest BCUT2D eigenvalue weighted by atomic mass is 16.5. The van der Waals surface area contributed by atoms with Crippen molar-refractivity contribution in [3.63, 3.8) is 0 Å². The molecule has 0 saturated carbocycles. The number of rotatable bonds is 16. The lowest BCUT2D eigenvalue weighted by Crippen LogP contribution is -2.15. The Hall–Kier alpha value is -2.82. The number of hydrogen-bond donors (Lipinski definition) is 0. The lowest BCUT2D eigenvalue weighted by molar-refractivity contribution is -0.0980. The van der Waals surface area contributed by atoms with Gasteiger partial charge in [0.05, 0.1) is 18.3 Å². The fraction of sp³-hybridized carbons (Fsp3) is 0.517. The van der Waals surface area contributed by atoms with Crippen LogP contribution in [0.25, 0.3) is 0 Å². The SMILES string of the molecule is C=O.CCCCCCOc1ccc(COc2ccc(C(=O)OC(C)CCCCCC)cc2)cc1. The van der Waals surface area contributed by atoms with Crippen LogP contribution in [0.1, 0.15) is 94.5 Å². The summed E-state index contributed by atoms with van der Waals surface area (Å²) in [6.07, 6.45) is 10.4. The van der Waals surface area contributed by atoms with Gasteiger partial charge in [-0.05, 0) is 68.1 Å². The van der Waals surface area contributed by atoms with Crippen LogP contribution in [0.4, 0.5) is 0 Å². The fourth-order valence-electron chi connectivity index (χ4n) is 3.42. The number of esters is 1. The third-order valence-electron chi connectivity index (χ3n) is 5.46. The van der Waals surface area contributed by atoms with Gasteiger partial charge in [-0.2, -0.15) is 0 Å². The molecule has 0 fully saturated rings. The van der Waals surface area contributed by atoms with Gasteiger partial charge in [0.1, 0.15) is 24.9 Å². The molecule has 0 aliphatic carbocycles. The van der Waals surface area contributed by atoms with E-state index in [2.05, 4.69) is 13.8 Å². The van der Waals surface area contributed by atoms with Crippen molar-refractivity contribution in [3.05, 3.63) is 59.7 Å². The van der Waals surface area contributed by atoms with Crippen molar-refractivity contribution in [1.29, 1.82) is 0 Å². The molecule has 2 aromatic rings. The van der Waals surface area contributed by atoms with Gasteiger partial charge in [0.2, 0.25) is 0 Å². The van der Waals surface area contributed by atoms with Crippen molar-refractivity contribution in [2.45, 2.75) is 91.3 Å². The maximum absolute atomic E-state index is 12.3. The lowest BCUT2D eigenvalue weighted by atomic mass is 10.1. The molecule has 0 amide bonds. The Balaban J connectivity index is 0.00000281. The third-order valence-corrected chi connectivity index (χ3v) is 5.46. The van der Waals surface area contributed by atoms with Crippen molar-refractivity contribution >= 4 is 12.8 Å². The Morgan fingerprint density at radius 3 is 1.94 bits per heavy atom. The quantitative estimate of drug-likeness (QED) is 0.187. The van der Waals surface area contributed by atoms with Crippen LogP contribution in [-0.2, 0) is 16.1 Å². The Bertz CT molecular complexity index is 770. The largest absolute Gasteiger partial charge is 0.494 e. The van der Waals surface area contributed by atoms with Crippen molar-refractivity contribution < 1.29 is 23.8 Å². The van der Waals surface area contributed by atoms with Gasteiger partial charge in [-0.3, -0.25) is 0 Å². The molecular formula is C29H42O5. The molecular weight excluding hydrogens is 428 g/mol. The number of ether oxygens (including phenoxy) is 3. The number of benzene rings is 2. The molecule has 1 atom stereocenters. The molecule has 2 rings (SSSR count). The predicted octanol–water partition coefficient (Wildman–Crippen LogP) is 7.56. The predicted molar refractivity (Wildman–Crippen MR) is 138 cm³/mol. The highest BCUT2D eigenvalue weighted by Gasteiger charge is 2.12. The van der Waals surface area contributed by atoms with E-state index in [4.69, 9.17) is 19.0 Å². The molecule has 34 heavy (non-hydrogen) atoms. The smallest absolute Gasteiger partial charge is 0.338 e. The maximum atomic E-state index is 12.3. The summed E-state index contributed by atoms with van der Waals surface area (Å²) < 4.78 is 17.2. The summed E-state index contributed by atoms with van der Waals surface area (Å²) in [6, 6.07) is 15.2. The van der Waals surface area contributed by atoms with Gasteiger partial charge < -0.3 is 19.0 Å². The topological polar surface area (TPSA) is 61.8 Å². The molecule has 0 aromatic heterocycles. The van der Waals surface area contributed by atoms with Gasteiger partial charge in [-0.1, -0.05) is 64.5 Å². The lowest BCUT2D eigenvalue weighted by Gasteiger charge is -2.13. The zero-order valence-electron chi connectivity index (χ0n) is 21.2. The number of carbonyl (C=O) groups is 2. The van der Waals surface area contributed by atoms with E-state index in [0.717, 1.165) is 42.9 Å². The van der Waals surface area contributed by atoms with E-state index in [9.17, 15) is 4.79 Å². The Labute approximate surface area is 205 Å². The van der Waals surface area contributed by atoms with Gasteiger partial charge in [0.25, 0.3) is 0 Å². The van der Waals surface area contributed by atoms with Crippen LogP contribution >= 0.6 is 0 Å². The summed E-state index contributed by atoms with van der Waals surface area (Å²) in [5.74, 6) is 1.35. The molecule has 1 unspecified atom stereocenters. The molecule has 2 aromatic carbocycles. The molecule has 0 aliphatic rings. The zero-order valence-corrected chi connectivity index (χ0v) is 21.2. The minimum absolute atomic E-state index is 0.0569. The molecule has 188 valence electrons. The number of carbonyl (C=O) groups excluding carboxylic acids is 2.